The van der Waals surface area contributed by atoms with E-state index in [0.29, 0.717) is 23.7 Å². The minimum absolute atomic E-state index is 0.0542. The Kier molecular flexibility index (Phi) is 6.00. The van der Waals surface area contributed by atoms with Gasteiger partial charge in [-0.25, -0.2) is 15.0 Å². The second-order valence-corrected chi connectivity index (χ2v) is 10.6. The number of nitrogens with zero attached hydrogens (tertiary/aromatic N) is 7. The highest BCUT2D eigenvalue weighted by atomic mass is 19.4. The summed E-state index contributed by atoms with van der Waals surface area (Å²) in [6.45, 7) is 1.73. The molecule has 0 N–H and O–H groups in total. The lowest BCUT2D eigenvalue weighted by Gasteiger charge is -2.39. The molecule has 1 aliphatic heterocycles. The first kappa shape index (κ1) is 24.4. The Hall–Kier alpha value is -2.95. The van der Waals surface area contributed by atoms with Crippen LogP contribution in [-0.4, -0.2) is 53.9 Å². The van der Waals surface area contributed by atoms with Crippen molar-refractivity contribution in [3.63, 3.8) is 0 Å². The molecular weight excluding hydrogens is 483 g/mol. The molecule has 3 aliphatic rings. The molecule has 0 amide bonds. The first-order valence-electron chi connectivity index (χ1n) is 13.0. The lowest BCUT2D eigenvalue weighted by atomic mass is 9.84. The zero-order valence-electron chi connectivity index (χ0n) is 21.4. The van der Waals surface area contributed by atoms with Crippen LogP contribution in [0.2, 0.25) is 0 Å². The van der Waals surface area contributed by atoms with E-state index in [1.165, 1.54) is 11.3 Å². The predicted molar refractivity (Wildman–Crippen MR) is 130 cm³/mol. The zero-order valence-corrected chi connectivity index (χ0v) is 21.4. The van der Waals surface area contributed by atoms with Crippen molar-refractivity contribution in [2.45, 2.75) is 75.5 Å². The summed E-state index contributed by atoms with van der Waals surface area (Å²) in [5, 5.41) is 4.93. The molecule has 0 aromatic carbocycles. The number of aromatic nitrogens is 6. The minimum Gasteiger partial charge on any atom is -0.480 e. The molecule has 0 unspecified atom stereocenters. The molecule has 0 spiro atoms. The summed E-state index contributed by atoms with van der Waals surface area (Å²) in [7, 11) is 5.30. The second-order valence-electron chi connectivity index (χ2n) is 10.6. The molecular formula is C26H32F3N7O. The fourth-order valence-electron chi connectivity index (χ4n) is 6.25. The molecule has 3 aromatic heterocycles. The van der Waals surface area contributed by atoms with Gasteiger partial charge in [-0.05, 0) is 38.5 Å². The van der Waals surface area contributed by atoms with Crippen LogP contribution in [0.3, 0.4) is 0 Å². The van der Waals surface area contributed by atoms with Gasteiger partial charge >= 0.3 is 6.18 Å². The van der Waals surface area contributed by atoms with Crippen molar-refractivity contribution in [2.75, 3.05) is 13.7 Å². The van der Waals surface area contributed by atoms with E-state index in [2.05, 4.69) is 19.9 Å². The van der Waals surface area contributed by atoms with Crippen molar-refractivity contribution >= 4 is 0 Å². The van der Waals surface area contributed by atoms with Gasteiger partial charge in [0.15, 0.2) is 5.69 Å². The molecule has 0 bridgehead atoms. The van der Waals surface area contributed by atoms with E-state index < -0.39 is 11.9 Å². The van der Waals surface area contributed by atoms with Gasteiger partial charge < -0.3 is 9.30 Å². The van der Waals surface area contributed by atoms with Gasteiger partial charge in [-0.3, -0.25) is 9.58 Å². The normalized spacial score (nSPS) is 22.8. The molecule has 4 heterocycles. The Morgan fingerprint density at radius 3 is 2.38 bits per heavy atom. The van der Waals surface area contributed by atoms with Crippen LogP contribution in [0.1, 0.15) is 78.8 Å². The van der Waals surface area contributed by atoms with Gasteiger partial charge in [0.05, 0.1) is 18.4 Å². The Morgan fingerprint density at radius 1 is 1.00 bits per heavy atom. The minimum atomic E-state index is -4.41. The number of fused-ring (bicyclic) bond motifs is 1. The first-order valence-corrected chi connectivity index (χ1v) is 13.0. The van der Waals surface area contributed by atoms with E-state index in [9.17, 15) is 13.2 Å². The van der Waals surface area contributed by atoms with E-state index in [4.69, 9.17) is 9.84 Å². The number of ether oxygens (including phenoxy) is 1. The predicted octanol–water partition coefficient (Wildman–Crippen LogP) is 4.60. The van der Waals surface area contributed by atoms with Gasteiger partial charge in [0, 0.05) is 68.9 Å². The SMILES string of the molecule is COc1ncnc(C2CC2)c1-c1nn(C)c2c1CN(C1CCC(c3nc(C(F)(F)F)cn3C)CC1)CC2. The number of alkyl halides is 3. The molecule has 0 atom stereocenters. The summed E-state index contributed by atoms with van der Waals surface area (Å²) >= 11 is 0. The van der Waals surface area contributed by atoms with Crippen LogP contribution in [0.5, 0.6) is 5.88 Å². The second kappa shape index (κ2) is 9.11. The Morgan fingerprint density at radius 2 is 1.73 bits per heavy atom. The molecule has 0 radical (unpaired) electrons. The molecule has 0 saturated heterocycles. The smallest absolute Gasteiger partial charge is 0.434 e. The summed E-state index contributed by atoms with van der Waals surface area (Å²) in [4.78, 5) is 15.5. The van der Waals surface area contributed by atoms with Gasteiger partial charge in [0.2, 0.25) is 5.88 Å². The molecule has 2 fully saturated rings. The summed E-state index contributed by atoms with van der Waals surface area (Å²) < 4.78 is 48.6. The van der Waals surface area contributed by atoms with Crippen LogP contribution in [0.4, 0.5) is 13.2 Å². The molecule has 3 aromatic rings. The third-order valence-electron chi connectivity index (χ3n) is 8.29. The highest BCUT2D eigenvalue weighted by molar-refractivity contribution is 5.72. The molecule has 2 saturated carbocycles. The lowest BCUT2D eigenvalue weighted by Crippen LogP contribution is -2.41. The van der Waals surface area contributed by atoms with Crippen LogP contribution in [0.25, 0.3) is 11.3 Å². The van der Waals surface area contributed by atoms with Gasteiger partial charge in [-0.15, -0.1) is 0 Å². The maximum Gasteiger partial charge on any atom is 0.434 e. The highest BCUT2D eigenvalue weighted by Gasteiger charge is 2.38. The van der Waals surface area contributed by atoms with Crippen molar-refractivity contribution in [3.05, 3.63) is 41.0 Å². The van der Waals surface area contributed by atoms with Gasteiger partial charge in [-0.1, -0.05) is 0 Å². The summed E-state index contributed by atoms with van der Waals surface area (Å²) in [6.07, 6.45) is 4.97. The number of rotatable bonds is 5. The van der Waals surface area contributed by atoms with Crippen molar-refractivity contribution in [3.8, 4) is 17.1 Å². The molecule has 2 aliphatic carbocycles. The molecule has 37 heavy (non-hydrogen) atoms. The molecule has 198 valence electrons. The van der Waals surface area contributed by atoms with Crippen molar-refractivity contribution < 1.29 is 17.9 Å². The van der Waals surface area contributed by atoms with Crippen LogP contribution < -0.4 is 4.74 Å². The largest absolute Gasteiger partial charge is 0.480 e. The standard InChI is InChI=1S/C26H32F3N7O/c1-34-13-20(26(27,28)29)32-24(34)16-6-8-17(9-7-16)36-11-10-19-18(12-36)23(33-35(19)2)21-22(15-4-5-15)30-14-31-25(21)37-3/h13-17H,4-12H2,1-3H3. The third-order valence-corrected chi connectivity index (χ3v) is 8.29. The fraction of sp³-hybridized carbons (Fsp3) is 0.615. The third kappa shape index (κ3) is 4.41. The van der Waals surface area contributed by atoms with E-state index in [-0.39, 0.29) is 5.92 Å². The quantitative estimate of drug-likeness (QED) is 0.495. The number of hydrogen-bond acceptors (Lipinski definition) is 6. The fourth-order valence-corrected chi connectivity index (χ4v) is 6.25. The maximum absolute atomic E-state index is 13.1. The molecule has 11 heteroatoms. The summed E-state index contributed by atoms with van der Waals surface area (Å²) in [6, 6.07) is 0.386. The first-order chi connectivity index (χ1) is 17.7. The highest BCUT2D eigenvalue weighted by Crippen LogP contribution is 2.47. The Bertz CT molecular complexity index is 1300. The van der Waals surface area contributed by atoms with Gasteiger partial charge in [0.25, 0.3) is 0 Å². The van der Waals surface area contributed by atoms with E-state index in [0.717, 1.165) is 81.2 Å². The number of imidazole rings is 1. The lowest BCUT2D eigenvalue weighted by molar-refractivity contribution is -0.141. The van der Waals surface area contributed by atoms with Gasteiger partial charge in [0.1, 0.15) is 17.8 Å². The average Bonchev–Trinajstić information content (AvgIpc) is 3.58. The van der Waals surface area contributed by atoms with Crippen LogP contribution in [0, 0.1) is 0 Å². The maximum atomic E-state index is 13.1. The number of hydrogen-bond donors (Lipinski definition) is 0. The van der Waals surface area contributed by atoms with Crippen LogP contribution in [0.15, 0.2) is 12.5 Å². The summed E-state index contributed by atoms with van der Waals surface area (Å²) in [5.41, 5.74) is 4.52. The van der Waals surface area contributed by atoms with Gasteiger partial charge in [-0.2, -0.15) is 18.3 Å². The molecule has 6 rings (SSSR count). The van der Waals surface area contributed by atoms with Crippen molar-refractivity contribution in [1.29, 1.82) is 0 Å². The van der Waals surface area contributed by atoms with E-state index in [1.54, 1.807) is 25.1 Å². The summed E-state index contributed by atoms with van der Waals surface area (Å²) in [5.74, 6) is 1.61. The number of methoxy groups -OCH3 is 1. The molecule has 8 nitrogen and oxygen atoms in total. The van der Waals surface area contributed by atoms with Crippen molar-refractivity contribution in [2.24, 2.45) is 14.1 Å². The van der Waals surface area contributed by atoms with E-state index >= 15 is 0 Å². The Labute approximate surface area is 213 Å². The van der Waals surface area contributed by atoms with Crippen molar-refractivity contribution in [1.82, 2.24) is 34.2 Å². The zero-order chi connectivity index (χ0) is 25.9. The number of halogens is 3. The van der Waals surface area contributed by atoms with Crippen LogP contribution in [-0.2, 0) is 33.2 Å². The van der Waals surface area contributed by atoms with E-state index in [1.807, 2.05) is 11.7 Å². The Balaban J connectivity index is 1.22. The number of aryl methyl sites for hydroxylation is 2. The average molecular weight is 516 g/mol. The monoisotopic (exact) mass is 515 g/mol. The topological polar surface area (TPSA) is 73.9 Å². The van der Waals surface area contributed by atoms with Crippen LogP contribution >= 0.6 is 0 Å².